The van der Waals surface area contributed by atoms with Gasteiger partial charge in [-0.25, -0.2) is 4.98 Å². The molecule has 2 bridgehead atoms. The van der Waals surface area contributed by atoms with Crippen LogP contribution in [0.2, 0.25) is 0 Å². The number of nitrogen functional groups attached to an aromatic ring is 1. The normalized spacial score (nSPS) is 27.3. The Balaban J connectivity index is 1.59. The van der Waals surface area contributed by atoms with Gasteiger partial charge in [-0.1, -0.05) is 17.4 Å². The van der Waals surface area contributed by atoms with Crippen LogP contribution in [0.5, 0.6) is 0 Å². The Kier molecular flexibility index (Phi) is 2.35. The van der Waals surface area contributed by atoms with Crippen LogP contribution < -0.4 is 5.73 Å². The van der Waals surface area contributed by atoms with E-state index in [0.717, 1.165) is 24.0 Å². The summed E-state index contributed by atoms with van der Waals surface area (Å²) in [5, 5.41) is 0.669. The van der Waals surface area contributed by atoms with Gasteiger partial charge < -0.3 is 5.73 Å². The van der Waals surface area contributed by atoms with Crippen molar-refractivity contribution in [3.05, 3.63) is 23.8 Å². The van der Waals surface area contributed by atoms with E-state index < -0.39 is 0 Å². The Morgan fingerprint density at radius 3 is 3.11 bits per heavy atom. The van der Waals surface area contributed by atoms with E-state index in [1.54, 1.807) is 11.3 Å². The van der Waals surface area contributed by atoms with Crippen LogP contribution in [0.25, 0.3) is 10.2 Å². The molecular weight excluding hydrogens is 242 g/mol. The van der Waals surface area contributed by atoms with Crippen LogP contribution >= 0.6 is 11.3 Å². The molecule has 1 saturated carbocycles. The van der Waals surface area contributed by atoms with E-state index in [4.69, 9.17) is 5.73 Å². The highest BCUT2D eigenvalue weighted by atomic mass is 32.1. The second kappa shape index (κ2) is 3.93. The summed E-state index contributed by atoms with van der Waals surface area (Å²) in [6, 6.07) is 7.41. The van der Waals surface area contributed by atoms with Crippen LogP contribution in [0.3, 0.4) is 0 Å². The molecule has 18 heavy (non-hydrogen) atoms. The molecule has 1 aromatic carbocycles. The van der Waals surface area contributed by atoms with E-state index in [0.29, 0.717) is 5.13 Å². The number of likely N-dealkylation sites (tertiary alicyclic amines) is 1. The zero-order chi connectivity index (χ0) is 12.1. The van der Waals surface area contributed by atoms with Crippen molar-refractivity contribution in [3.63, 3.8) is 0 Å². The first kappa shape index (κ1) is 10.8. The highest BCUT2D eigenvalue weighted by Crippen LogP contribution is 2.38. The molecule has 1 saturated heterocycles. The van der Waals surface area contributed by atoms with Crippen molar-refractivity contribution in [1.82, 2.24) is 9.88 Å². The van der Waals surface area contributed by atoms with E-state index in [2.05, 4.69) is 28.1 Å². The lowest BCUT2D eigenvalue weighted by Crippen LogP contribution is -2.31. The first-order valence-electron chi connectivity index (χ1n) is 6.67. The quantitative estimate of drug-likeness (QED) is 0.901. The lowest BCUT2D eigenvalue weighted by Gasteiger charge is -2.26. The van der Waals surface area contributed by atoms with E-state index in [1.165, 1.54) is 36.1 Å². The number of anilines is 1. The smallest absolute Gasteiger partial charge is 0.181 e. The average molecular weight is 259 g/mol. The summed E-state index contributed by atoms with van der Waals surface area (Å²) in [6.07, 6.45) is 4.28. The first-order chi connectivity index (χ1) is 8.78. The molecule has 2 atom stereocenters. The molecule has 3 nitrogen and oxygen atoms in total. The predicted octanol–water partition coefficient (Wildman–Crippen LogP) is 2.86. The van der Waals surface area contributed by atoms with Gasteiger partial charge >= 0.3 is 0 Å². The number of nitrogens with zero attached hydrogens (tertiary/aromatic N) is 2. The Morgan fingerprint density at radius 1 is 1.39 bits per heavy atom. The molecule has 1 aliphatic carbocycles. The third-order valence-electron chi connectivity index (χ3n) is 4.38. The maximum Gasteiger partial charge on any atom is 0.181 e. The Labute approximate surface area is 111 Å². The molecule has 94 valence electrons. The van der Waals surface area contributed by atoms with Gasteiger partial charge in [0.05, 0.1) is 10.2 Å². The van der Waals surface area contributed by atoms with Crippen LogP contribution in [0.1, 0.15) is 24.8 Å². The molecule has 2 heterocycles. The summed E-state index contributed by atoms with van der Waals surface area (Å²) in [6.45, 7) is 2.39. The fourth-order valence-corrected chi connectivity index (χ4v) is 4.34. The molecule has 2 fully saturated rings. The van der Waals surface area contributed by atoms with Crippen LogP contribution in [-0.2, 0) is 6.54 Å². The number of fused-ring (bicyclic) bond motifs is 3. The van der Waals surface area contributed by atoms with Crippen molar-refractivity contribution < 1.29 is 0 Å². The Hall–Kier alpha value is -1.13. The summed E-state index contributed by atoms with van der Waals surface area (Å²) in [7, 11) is 0. The van der Waals surface area contributed by atoms with Gasteiger partial charge in [0, 0.05) is 19.1 Å². The molecule has 2 aliphatic rings. The number of piperidine rings is 1. The third kappa shape index (κ3) is 1.71. The number of rotatable bonds is 2. The largest absolute Gasteiger partial charge is 0.375 e. The van der Waals surface area contributed by atoms with Crippen molar-refractivity contribution in [3.8, 4) is 0 Å². The lowest BCUT2D eigenvalue weighted by atomic mass is 10.1. The van der Waals surface area contributed by atoms with Gasteiger partial charge in [0.15, 0.2) is 5.13 Å². The van der Waals surface area contributed by atoms with Crippen molar-refractivity contribution in [1.29, 1.82) is 0 Å². The minimum atomic E-state index is 0.669. The monoisotopic (exact) mass is 259 g/mol. The predicted molar refractivity (Wildman–Crippen MR) is 75.6 cm³/mol. The van der Waals surface area contributed by atoms with Crippen LogP contribution in [0.4, 0.5) is 5.13 Å². The SMILES string of the molecule is Nc1nc2ccc(CN3CC4CCC3C4)cc2s1. The zero-order valence-corrected chi connectivity index (χ0v) is 11.1. The molecule has 1 aromatic heterocycles. The molecule has 0 radical (unpaired) electrons. The third-order valence-corrected chi connectivity index (χ3v) is 5.23. The topological polar surface area (TPSA) is 42.1 Å². The van der Waals surface area contributed by atoms with E-state index >= 15 is 0 Å². The zero-order valence-electron chi connectivity index (χ0n) is 10.3. The molecule has 1 aliphatic heterocycles. The van der Waals surface area contributed by atoms with Crippen LogP contribution in [0.15, 0.2) is 18.2 Å². The van der Waals surface area contributed by atoms with Gasteiger partial charge in [-0.3, -0.25) is 4.90 Å². The number of benzene rings is 1. The number of thiazole rings is 1. The summed E-state index contributed by atoms with van der Waals surface area (Å²) in [5.41, 5.74) is 8.18. The number of aromatic nitrogens is 1. The highest BCUT2D eigenvalue weighted by Gasteiger charge is 2.37. The van der Waals surface area contributed by atoms with Gasteiger partial charge in [0.2, 0.25) is 0 Å². The molecule has 0 spiro atoms. The summed E-state index contributed by atoms with van der Waals surface area (Å²) >= 11 is 1.59. The van der Waals surface area contributed by atoms with Crippen molar-refractivity contribution >= 4 is 26.7 Å². The molecule has 0 amide bonds. The standard InChI is InChI=1S/C14H17N3S/c15-14-16-12-4-2-10(6-13(12)18-14)8-17-7-9-1-3-11(17)5-9/h2,4,6,9,11H,1,3,5,7-8H2,(H2,15,16). The fourth-order valence-electron chi connectivity index (χ4n) is 3.54. The minimum absolute atomic E-state index is 0.669. The average Bonchev–Trinajstić information content (AvgIpc) is 3.01. The number of nitrogens with two attached hydrogens (primary N) is 1. The van der Waals surface area contributed by atoms with Gasteiger partial charge in [-0.15, -0.1) is 0 Å². The molecule has 2 N–H and O–H groups in total. The Morgan fingerprint density at radius 2 is 2.33 bits per heavy atom. The highest BCUT2D eigenvalue weighted by molar-refractivity contribution is 7.22. The van der Waals surface area contributed by atoms with Crippen molar-refractivity contribution in [2.45, 2.75) is 31.8 Å². The lowest BCUT2D eigenvalue weighted by molar-refractivity contribution is 0.205. The first-order valence-corrected chi connectivity index (χ1v) is 7.48. The van der Waals surface area contributed by atoms with Gasteiger partial charge in [0.1, 0.15) is 0 Å². The van der Waals surface area contributed by atoms with Gasteiger partial charge in [0.25, 0.3) is 0 Å². The van der Waals surface area contributed by atoms with Gasteiger partial charge in [-0.2, -0.15) is 0 Å². The minimum Gasteiger partial charge on any atom is -0.375 e. The fraction of sp³-hybridized carbons (Fsp3) is 0.500. The van der Waals surface area contributed by atoms with E-state index in [1.807, 2.05) is 0 Å². The summed E-state index contributed by atoms with van der Waals surface area (Å²) < 4.78 is 1.22. The van der Waals surface area contributed by atoms with E-state index in [9.17, 15) is 0 Å². The van der Waals surface area contributed by atoms with E-state index in [-0.39, 0.29) is 0 Å². The van der Waals surface area contributed by atoms with Crippen LogP contribution in [-0.4, -0.2) is 22.5 Å². The molecular formula is C14H17N3S. The maximum atomic E-state index is 5.75. The second-order valence-corrected chi connectivity index (χ2v) is 6.68. The van der Waals surface area contributed by atoms with Gasteiger partial charge in [-0.05, 0) is 42.9 Å². The molecule has 2 aromatic rings. The summed E-state index contributed by atoms with van der Waals surface area (Å²) in [5.74, 6) is 0.970. The second-order valence-electron chi connectivity index (χ2n) is 5.62. The molecule has 4 heteroatoms. The Bertz CT molecular complexity index is 592. The van der Waals surface area contributed by atoms with Crippen molar-refractivity contribution in [2.24, 2.45) is 5.92 Å². The number of hydrogen-bond donors (Lipinski definition) is 1. The number of hydrogen-bond acceptors (Lipinski definition) is 4. The summed E-state index contributed by atoms with van der Waals surface area (Å²) in [4.78, 5) is 6.96. The van der Waals surface area contributed by atoms with Crippen LogP contribution in [0, 0.1) is 5.92 Å². The molecule has 4 rings (SSSR count). The maximum absolute atomic E-state index is 5.75. The molecule has 2 unspecified atom stereocenters. The van der Waals surface area contributed by atoms with Crippen molar-refractivity contribution in [2.75, 3.05) is 12.3 Å².